The van der Waals surface area contributed by atoms with Crippen LogP contribution in [0.2, 0.25) is 0 Å². The van der Waals surface area contributed by atoms with E-state index in [0.29, 0.717) is 5.56 Å². The van der Waals surface area contributed by atoms with Crippen molar-refractivity contribution in [2.75, 3.05) is 33.2 Å². The first kappa shape index (κ1) is 18.7. The Hall–Kier alpha value is -0.320. The van der Waals surface area contributed by atoms with Gasteiger partial charge in [-0.3, -0.25) is 9.69 Å². The van der Waals surface area contributed by atoms with Crippen molar-refractivity contribution in [3.63, 3.8) is 0 Å². The number of benzene rings is 1. The summed E-state index contributed by atoms with van der Waals surface area (Å²) >= 11 is 5.58. The molecule has 1 saturated heterocycles. The van der Waals surface area contributed by atoms with Gasteiger partial charge in [-0.1, -0.05) is 18.2 Å². The van der Waals surface area contributed by atoms with E-state index in [0.717, 1.165) is 38.3 Å². The maximum absolute atomic E-state index is 11.3. The summed E-state index contributed by atoms with van der Waals surface area (Å²) in [5.74, 6) is 0. The number of hydrogen-bond acceptors (Lipinski definition) is 3. The van der Waals surface area contributed by atoms with E-state index in [2.05, 4.69) is 16.8 Å². The molecule has 2 rings (SSSR count). The zero-order valence-corrected chi connectivity index (χ0v) is 13.2. The summed E-state index contributed by atoms with van der Waals surface area (Å²) in [5, 5.41) is -0.366. The molecule has 1 aromatic rings. The fourth-order valence-electron chi connectivity index (χ4n) is 2.10. The molecule has 1 heterocycles. The quantitative estimate of drug-likeness (QED) is 0.798. The summed E-state index contributed by atoms with van der Waals surface area (Å²) in [6, 6.07) is 7.58. The lowest BCUT2D eigenvalue weighted by atomic mass is 10.1. The number of halogens is 3. The van der Waals surface area contributed by atoms with E-state index in [1.807, 2.05) is 18.2 Å². The minimum atomic E-state index is -0.366. The minimum absolute atomic E-state index is 0. The smallest absolute Gasteiger partial charge is 0.252 e. The molecular weight excluding hydrogens is 307 g/mol. The van der Waals surface area contributed by atoms with Crippen LogP contribution < -0.4 is 0 Å². The molecule has 0 bridgehead atoms. The van der Waals surface area contributed by atoms with Crippen LogP contribution in [0.25, 0.3) is 0 Å². The van der Waals surface area contributed by atoms with Crippen molar-refractivity contribution < 1.29 is 4.79 Å². The van der Waals surface area contributed by atoms with E-state index in [9.17, 15) is 4.79 Å². The predicted molar refractivity (Wildman–Crippen MR) is 83.9 cm³/mol. The Kier molecular flexibility index (Phi) is 8.62. The van der Waals surface area contributed by atoms with Crippen molar-refractivity contribution in [2.45, 2.75) is 6.54 Å². The average molecular weight is 326 g/mol. The molecule has 3 nitrogen and oxygen atoms in total. The monoisotopic (exact) mass is 324 g/mol. The summed E-state index contributed by atoms with van der Waals surface area (Å²) in [5.41, 5.74) is 1.66. The third kappa shape index (κ3) is 5.28. The molecule has 0 atom stereocenters. The highest BCUT2D eigenvalue weighted by molar-refractivity contribution is 6.67. The second kappa shape index (κ2) is 8.77. The molecular formula is C13H19Cl3N2O. The van der Waals surface area contributed by atoms with Crippen LogP contribution in [0, 0.1) is 0 Å². The molecule has 1 fully saturated rings. The van der Waals surface area contributed by atoms with E-state index in [4.69, 9.17) is 11.6 Å². The Balaban J connectivity index is 0.00000162. The first-order valence-electron chi connectivity index (χ1n) is 5.85. The lowest BCUT2D eigenvalue weighted by Crippen LogP contribution is -2.44. The molecule has 0 saturated carbocycles. The third-order valence-corrected chi connectivity index (χ3v) is 3.42. The Morgan fingerprint density at radius 3 is 2.32 bits per heavy atom. The van der Waals surface area contributed by atoms with Gasteiger partial charge < -0.3 is 4.90 Å². The van der Waals surface area contributed by atoms with Crippen molar-refractivity contribution in [3.05, 3.63) is 35.4 Å². The maximum atomic E-state index is 11.3. The van der Waals surface area contributed by atoms with Crippen LogP contribution in [-0.4, -0.2) is 48.3 Å². The van der Waals surface area contributed by atoms with Gasteiger partial charge in [0.25, 0.3) is 5.24 Å². The standard InChI is InChI=1S/C13H17ClN2O.2ClH/c1-15-6-8-16(9-7-15)10-11-4-2-3-5-12(11)13(14)17;;/h2-5H,6-10H2,1H3;2*1H. The number of carbonyl (C=O) groups excluding carboxylic acids is 1. The predicted octanol–water partition coefficient (Wildman–Crippen LogP) is 2.66. The molecule has 19 heavy (non-hydrogen) atoms. The first-order valence-corrected chi connectivity index (χ1v) is 6.23. The first-order chi connectivity index (χ1) is 8.16. The number of hydrogen-bond donors (Lipinski definition) is 0. The van der Waals surface area contributed by atoms with E-state index in [1.165, 1.54) is 0 Å². The van der Waals surface area contributed by atoms with Crippen LogP contribution in [0.1, 0.15) is 15.9 Å². The van der Waals surface area contributed by atoms with Gasteiger partial charge >= 0.3 is 0 Å². The van der Waals surface area contributed by atoms with Crippen LogP contribution in [-0.2, 0) is 6.54 Å². The van der Waals surface area contributed by atoms with Crippen molar-refractivity contribution >= 4 is 41.7 Å². The topological polar surface area (TPSA) is 23.6 Å². The number of nitrogens with zero attached hydrogens (tertiary/aromatic N) is 2. The number of rotatable bonds is 3. The van der Waals surface area contributed by atoms with Crippen LogP contribution in [0.5, 0.6) is 0 Å². The number of piperazine rings is 1. The van der Waals surface area contributed by atoms with Gasteiger partial charge in [0.1, 0.15) is 0 Å². The van der Waals surface area contributed by atoms with Gasteiger partial charge in [-0.15, -0.1) is 24.8 Å². The van der Waals surface area contributed by atoms with E-state index < -0.39 is 0 Å². The molecule has 0 aromatic heterocycles. The third-order valence-electron chi connectivity index (χ3n) is 3.22. The highest BCUT2D eigenvalue weighted by atomic mass is 35.5. The van der Waals surface area contributed by atoms with Gasteiger partial charge in [-0.05, 0) is 30.3 Å². The largest absolute Gasteiger partial charge is 0.304 e. The van der Waals surface area contributed by atoms with Crippen LogP contribution >= 0.6 is 36.4 Å². The lowest BCUT2D eigenvalue weighted by molar-refractivity contribution is 0.107. The molecule has 0 aliphatic carbocycles. The number of carbonyl (C=O) groups is 1. The highest BCUT2D eigenvalue weighted by Gasteiger charge is 2.16. The van der Waals surface area contributed by atoms with Gasteiger partial charge in [-0.2, -0.15) is 0 Å². The second-order valence-corrected chi connectivity index (χ2v) is 4.85. The fourth-order valence-corrected chi connectivity index (χ4v) is 2.28. The van der Waals surface area contributed by atoms with Crippen molar-refractivity contribution in [1.82, 2.24) is 9.80 Å². The van der Waals surface area contributed by atoms with Gasteiger partial charge in [0, 0.05) is 38.3 Å². The van der Waals surface area contributed by atoms with Gasteiger partial charge in [0.05, 0.1) is 0 Å². The summed E-state index contributed by atoms with van der Waals surface area (Å²) in [7, 11) is 2.13. The number of likely N-dealkylation sites (N-methyl/N-ethyl adjacent to an activating group) is 1. The molecule has 0 amide bonds. The van der Waals surface area contributed by atoms with Gasteiger partial charge in [0.15, 0.2) is 0 Å². The molecule has 0 spiro atoms. The molecule has 1 aliphatic rings. The summed E-state index contributed by atoms with van der Waals surface area (Å²) in [6.45, 7) is 5.05. The van der Waals surface area contributed by atoms with E-state index in [1.54, 1.807) is 6.07 Å². The molecule has 1 aliphatic heterocycles. The van der Waals surface area contributed by atoms with E-state index >= 15 is 0 Å². The molecule has 0 unspecified atom stereocenters. The molecule has 0 N–H and O–H groups in total. The van der Waals surface area contributed by atoms with Crippen LogP contribution in [0.15, 0.2) is 24.3 Å². The Morgan fingerprint density at radius 1 is 1.16 bits per heavy atom. The molecule has 108 valence electrons. The lowest BCUT2D eigenvalue weighted by Gasteiger charge is -2.32. The molecule has 1 aromatic carbocycles. The molecule has 0 radical (unpaired) electrons. The Labute approximate surface area is 131 Å². The van der Waals surface area contributed by atoms with Gasteiger partial charge in [-0.25, -0.2) is 0 Å². The zero-order valence-electron chi connectivity index (χ0n) is 10.8. The summed E-state index contributed by atoms with van der Waals surface area (Å²) < 4.78 is 0. The van der Waals surface area contributed by atoms with Crippen molar-refractivity contribution in [3.8, 4) is 0 Å². The van der Waals surface area contributed by atoms with Crippen molar-refractivity contribution in [2.24, 2.45) is 0 Å². The molecule has 6 heteroatoms. The van der Waals surface area contributed by atoms with Gasteiger partial charge in [0.2, 0.25) is 0 Å². The minimum Gasteiger partial charge on any atom is -0.304 e. The van der Waals surface area contributed by atoms with Crippen molar-refractivity contribution in [1.29, 1.82) is 0 Å². The second-order valence-electron chi connectivity index (χ2n) is 4.51. The Morgan fingerprint density at radius 2 is 1.74 bits per heavy atom. The fraction of sp³-hybridized carbons (Fsp3) is 0.462. The average Bonchev–Trinajstić information content (AvgIpc) is 2.32. The highest BCUT2D eigenvalue weighted by Crippen LogP contribution is 2.15. The normalized spacial score (nSPS) is 16.3. The Bertz CT molecular complexity index is 407. The van der Waals surface area contributed by atoms with Crippen LogP contribution in [0.4, 0.5) is 0 Å². The SMILES string of the molecule is CN1CCN(Cc2ccccc2C(=O)Cl)CC1.Cl.Cl. The van der Waals surface area contributed by atoms with Crippen LogP contribution in [0.3, 0.4) is 0 Å². The van der Waals surface area contributed by atoms with E-state index in [-0.39, 0.29) is 30.1 Å². The summed E-state index contributed by atoms with van der Waals surface area (Å²) in [6.07, 6.45) is 0. The summed E-state index contributed by atoms with van der Waals surface area (Å²) in [4.78, 5) is 16.0. The zero-order chi connectivity index (χ0) is 12.3. The maximum Gasteiger partial charge on any atom is 0.252 e.